The van der Waals surface area contributed by atoms with Crippen LogP contribution in [0.25, 0.3) is 10.2 Å². The Morgan fingerprint density at radius 3 is 3.05 bits per heavy atom. The van der Waals surface area contributed by atoms with Gasteiger partial charge in [0, 0.05) is 6.20 Å². The molecule has 1 N–H and O–H groups in total. The van der Waals surface area contributed by atoms with Crippen LogP contribution in [0.5, 0.6) is 0 Å². The maximum atomic E-state index is 12.1. The maximum absolute atomic E-state index is 12.1. The molecule has 3 rings (SSSR count). The molecule has 6 nitrogen and oxygen atoms in total. The average Bonchev–Trinajstić information content (AvgIpc) is 2.96. The zero-order valence-corrected chi connectivity index (χ0v) is 11.3. The van der Waals surface area contributed by atoms with Gasteiger partial charge in [-0.25, -0.2) is 13.1 Å². The summed E-state index contributed by atoms with van der Waals surface area (Å²) in [6.45, 7) is 0.0761. The van der Waals surface area contributed by atoms with Gasteiger partial charge in [-0.15, -0.1) is 11.3 Å². The molecule has 1 saturated heterocycles. The molecule has 3 heterocycles. The van der Waals surface area contributed by atoms with E-state index < -0.39 is 16.1 Å². The average molecular weight is 298 g/mol. The third-order valence-corrected chi connectivity index (χ3v) is 5.11. The van der Waals surface area contributed by atoms with E-state index in [1.54, 1.807) is 6.07 Å². The first-order valence-electron chi connectivity index (χ1n) is 5.56. The summed E-state index contributed by atoms with van der Waals surface area (Å²) in [5.74, 6) is -0.389. The molecule has 19 heavy (non-hydrogen) atoms. The lowest BCUT2D eigenvalue weighted by Crippen LogP contribution is -2.35. The number of cyclic esters (lactones) is 1. The molecule has 2 aromatic rings. The molecule has 1 fully saturated rings. The summed E-state index contributed by atoms with van der Waals surface area (Å²) in [6.07, 6.45) is 1.38. The topological polar surface area (TPSA) is 85.4 Å². The van der Waals surface area contributed by atoms with E-state index >= 15 is 0 Å². The van der Waals surface area contributed by atoms with Crippen molar-refractivity contribution >= 4 is 37.5 Å². The van der Waals surface area contributed by atoms with Crippen LogP contribution in [0.4, 0.5) is 0 Å². The Hall–Kier alpha value is -1.51. The van der Waals surface area contributed by atoms with E-state index in [0.717, 1.165) is 10.2 Å². The molecule has 100 valence electrons. The van der Waals surface area contributed by atoms with Crippen LogP contribution in [0.1, 0.15) is 6.42 Å². The predicted octanol–water partition coefficient (Wildman–Crippen LogP) is 0.890. The van der Waals surface area contributed by atoms with Crippen molar-refractivity contribution < 1.29 is 17.9 Å². The van der Waals surface area contributed by atoms with Gasteiger partial charge in [0.25, 0.3) is 0 Å². The van der Waals surface area contributed by atoms with Gasteiger partial charge in [-0.05, 0) is 17.5 Å². The molecule has 2 aromatic heterocycles. The number of carbonyl (C=O) groups excluding carboxylic acids is 1. The molecule has 1 aliphatic rings. The smallest absolute Gasteiger partial charge is 0.307 e. The molecule has 0 amide bonds. The summed E-state index contributed by atoms with van der Waals surface area (Å²) in [7, 11) is -3.67. The van der Waals surface area contributed by atoms with E-state index in [-0.39, 0.29) is 23.9 Å². The SMILES string of the molecule is O=C1C[C@H](NS(=O)(=O)c2cnc3ccsc3c2)CO1. The minimum absolute atomic E-state index is 0.0634. The van der Waals surface area contributed by atoms with Gasteiger partial charge in [0.1, 0.15) is 11.5 Å². The van der Waals surface area contributed by atoms with Gasteiger partial charge < -0.3 is 4.74 Å². The molecule has 0 aromatic carbocycles. The highest BCUT2D eigenvalue weighted by molar-refractivity contribution is 7.89. The number of rotatable bonds is 3. The van der Waals surface area contributed by atoms with Gasteiger partial charge in [-0.2, -0.15) is 0 Å². The van der Waals surface area contributed by atoms with Gasteiger partial charge in [-0.1, -0.05) is 0 Å². The molecule has 1 atom stereocenters. The lowest BCUT2D eigenvalue weighted by atomic mass is 10.3. The number of hydrogen-bond acceptors (Lipinski definition) is 6. The fraction of sp³-hybridized carbons (Fsp3) is 0.273. The van der Waals surface area contributed by atoms with Crippen LogP contribution in [-0.2, 0) is 19.6 Å². The molecular weight excluding hydrogens is 288 g/mol. The number of sulfonamides is 1. The van der Waals surface area contributed by atoms with E-state index in [1.165, 1.54) is 17.5 Å². The number of fused-ring (bicyclic) bond motifs is 1. The first kappa shape index (κ1) is 12.5. The first-order chi connectivity index (χ1) is 9.04. The predicted molar refractivity (Wildman–Crippen MR) is 69.3 cm³/mol. The second-order valence-corrected chi connectivity index (χ2v) is 6.84. The van der Waals surface area contributed by atoms with Crippen LogP contribution in [-0.4, -0.2) is 32.0 Å². The number of carbonyl (C=O) groups is 1. The van der Waals surface area contributed by atoms with Crippen LogP contribution in [0.3, 0.4) is 0 Å². The zero-order valence-electron chi connectivity index (χ0n) is 9.70. The van der Waals surface area contributed by atoms with Crippen LogP contribution >= 0.6 is 11.3 Å². The number of nitrogens with one attached hydrogen (secondary N) is 1. The van der Waals surface area contributed by atoms with Gasteiger partial charge >= 0.3 is 5.97 Å². The number of aromatic nitrogens is 1. The second-order valence-electron chi connectivity index (χ2n) is 4.18. The molecular formula is C11H10N2O4S2. The summed E-state index contributed by atoms with van der Waals surface area (Å²) >= 11 is 1.43. The van der Waals surface area contributed by atoms with Crippen LogP contribution in [0.2, 0.25) is 0 Å². The monoisotopic (exact) mass is 298 g/mol. The Morgan fingerprint density at radius 2 is 2.32 bits per heavy atom. The van der Waals surface area contributed by atoms with Gasteiger partial charge in [0.05, 0.1) is 22.7 Å². The molecule has 1 aliphatic heterocycles. The Kier molecular flexibility index (Phi) is 3.00. The van der Waals surface area contributed by atoms with Crippen molar-refractivity contribution in [3.63, 3.8) is 0 Å². The van der Waals surface area contributed by atoms with Crippen molar-refractivity contribution in [2.75, 3.05) is 6.61 Å². The Balaban J connectivity index is 1.88. The standard InChI is InChI=1S/C11H10N2O4S2/c14-11-3-7(6-17-11)13-19(15,16)8-4-10-9(12-5-8)1-2-18-10/h1-2,4-5,7,13H,3,6H2/t7-/m0/s1. The van der Waals surface area contributed by atoms with Gasteiger partial charge in [-0.3, -0.25) is 9.78 Å². The van der Waals surface area contributed by atoms with Crippen molar-refractivity contribution in [3.05, 3.63) is 23.7 Å². The van der Waals surface area contributed by atoms with Gasteiger partial charge in [0.15, 0.2) is 0 Å². The summed E-state index contributed by atoms with van der Waals surface area (Å²) in [4.78, 5) is 15.1. The fourth-order valence-electron chi connectivity index (χ4n) is 1.85. The zero-order chi connectivity index (χ0) is 13.5. The van der Waals surface area contributed by atoms with Crippen molar-refractivity contribution in [2.24, 2.45) is 0 Å². The lowest BCUT2D eigenvalue weighted by molar-refractivity contribution is -0.137. The molecule has 0 radical (unpaired) electrons. The van der Waals surface area contributed by atoms with E-state index in [2.05, 4.69) is 9.71 Å². The Bertz CT molecular complexity index is 738. The summed E-state index contributed by atoms with van der Waals surface area (Å²) in [5, 5.41) is 1.85. The summed E-state index contributed by atoms with van der Waals surface area (Å²) in [5.41, 5.74) is 0.767. The van der Waals surface area contributed by atoms with Crippen molar-refractivity contribution in [3.8, 4) is 0 Å². The number of hydrogen-bond donors (Lipinski definition) is 1. The fourth-order valence-corrected chi connectivity index (χ4v) is 3.90. The number of pyridine rings is 1. The maximum Gasteiger partial charge on any atom is 0.307 e. The molecule has 0 bridgehead atoms. The normalized spacial score (nSPS) is 19.8. The third-order valence-electron chi connectivity index (χ3n) is 2.77. The van der Waals surface area contributed by atoms with E-state index in [0.29, 0.717) is 0 Å². The van der Waals surface area contributed by atoms with Gasteiger partial charge in [0.2, 0.25) is 10.0 Å². The van der Waals surface area contributed by atoms with Crippen molar-refractivity contribution in [1.82, 2.24) is 9.71 Å². The highest BCUT2D eigenvalue weighted by Gasteiger charge is 2.28. The Labute approximate surface area is 113 Å². The van der Waals surface area contributed by atoms with Crippen LogP contribution < -0.4 is 4.72 Å². The highest BCUT2D eigenvalue weighted by atomic mass is 32.2. The minimum atomic E-state index is -3.67. The van der Waals surface area contributed by atoms with Crippen molar-refractivity contribution in [2.45, 2.75) is 17.4 Å². The number of esters is 1. The molecule has 0 unspecified atom stereocenters. The largest absolute Gasteiger partial charge is 0.464 e. The molecule has 0 spiro atoms. The Morgan fingerprint density at radius 1 is 1.47 bits per heavy atom. The first-order valence-corrected chi connectivity index (χ1v) is 7.92. The van der Waals surface area contributed by atoms with Crippen LogP contribution in [0, 0.1) is 0 Å². The van der Waals surface area contributed by atoms with Crippen molar-refractivity contribution in [1.29, 1.82) is 0 Å². The number of ether oxygens (including phenoxy) is 1. The molecule has 8 heteroatoms. The lowest BCUT2D eigenvalue weighted by Gasteiger charge is -2.10. The molecule has 0 aliphatic carbocycles. The highest BCUT2D eigenvalue weighted by Crippen LogP contribution is 2.22. The van der Waals surface area contributed by atoms with E-state index in [9.17, 15) is 13.2 Å². The van der Waals surface area contributed by atoms with E-state index in [1.807, 2.05) is 11.4 Å². The second kappa shape index (κ2) is 4.55. The van der Waals surface area contributed by atoms with Crippen LogP contribution in [0.15, 0.2) is 28.6 Å². The summed E-state index contributed by atoms with van der Waals surface area (Å²) in [6, 6.07) is 2.90. The number of nitrogens with zero attached hydrogens (tertiary/aromatic N) is 1. The van der Waals surface area contributed by atoms with E-state index in [4.69, 9.17) is 4.74 Å². The quantitative estimate of drug-likeness (QED) is 0.851. The summed E-state index contributed by atoms with van der Waals surface area (Å²) < 4.78 is 32.3. The molecule has 0 saturated carbocycles. The third kappa shape index (κ3) is 2.46. The minimum Gasteiger partial charge on any atom is -0.464 e. The number of thiophene rings is 1.